The fourth-order valence-corrected chi connectivity index (χ4v) is 6.35. The zero-order chi connectivity index (χ0) is 27.7. The number of phenols is 1. The van der Waals surface area contributed by atoms with E-state index in [0.717, 1.165) is 29.5 Å². The molecule has 0 radical (unpaired) electrons. The van der Waals surface area contributed by atoms with Crippen LogP contribution in [0, 0.1) is 17.2 Å². The number of pyridine rings is 1. The number of hydrogen-bond acceptors (Lipinski definition) is 5. The average Bonchev–Trinajstić information content (AvgIpc) is 3.68. The summed E-state index contributed by atoms with van der Waals surface area (Å²) in [5.41, 5.74) is 3.28. The van der Waals surface area contributed by atoms with Gasteiger partial charge in [0.2, 0.25) is 5.88 Å². The third-order valence-corrected chi connectivity index (χ3v) is 8.03. The number of aromatic nitrogens is 1. The van der Waals surface area contributed by atoms with Crippen LogP contribution in [-0.2, 0) is 15.9 Å². The Labute approximate surface area is 224 Å². The Kier molecular flexibility index (Phi) is 8.32. The molecule has 1 heterocycles. The zero-order valence-electron chi connectivity index (χ0n) is 22.6. The van der Waals surface area contributed by atoms with Crippen molar-refractivity contribution in [1.82, 2.24) is 4.98 Å². The highest BCUT2D eigenvalue weighted by atomic mass is 31.2. The van der Waals surface area contributed by atoms with Crippen LogP contribution in [0.2, 0.25) is 0 Å². The molecule has 2 aromatic carbocycles. The third kappa shape index (κ3) is 7.02. The van der Waals surface area contributed by atoms with E-state index in [0.29, 0.717) is 22.9 Å². The Balaban J connectivity index is 1.63. The van der Waals surface area contributed by atoms with Gasteiger partial charge in [-0.1, -0.05) is 32.9 Å². The summed E-state index contributed by atoms with van der Waals surface area (Å²) < 4.78 is 38.9. The Hall–Kier alpha value is -2.73. The molecule has 2 N–H and O–H groups in total. The molecule has 6 nitrogen and oxygen atoms in total. The molecule has 3 aromatic rings. The minimum atomic E-state index is -3.16. The van der Waals surface area contributed by atoms with Crippen molar-refractivity contribution in [3.05, 3.63) is 77.2 Å². The molecule has 0 aliphatic heterocycles. The van der Waals surface area contributed by atoms with Crippen molar-refractivity contribution in [3.63, 3.8) is 0 Å². The van der Waals surface area contributed by atoms with E-state index in [9.17, 15) is 19.0 Å². The van der Waals surface area contributed by atoms with E-state index in [1.54, 1.807) is 13.3 Å². The maximum atomic E-state index is 14.8. The molecule has 0 spiro atoms. The first-order valence-corrected chi connectivity index (χ1v) is 15.2. The van der Waals surface area contributed by atoms with E-state index in [-0.39, 0.29) is 36.0 Å². The number of benzene rings is 2. The largest absolute Gasteiger partial charge is 0.508 e. The molecule has 1 aromatic heterocycles. The molecule has 0 amide bonds. The summed E-state index contributed by atoms with van der Waals surface area (Å²) in [6.45, 7) is 7.81. The maximum Gasteiger partial charge on any atom is 0.213 e. The predicted molar refractivity (Wildman–Crippen MR) is 147 cm³/mol. The molecule has 1 saturated carbocycles. The molecule has 38 heavy (non-hydrogen) atoms. The zero-order valence-corrected chi connectivity index (χ0v) is 23.5. The number of aromatic hydroxyl groups is 1. The van der Waals surface area contributed by atoms with E-state index in [2.05, 4.69) is 25.8 Å². The first kappa shape index (κ1) is 28.3. The molecule has 1 aliphatic rings. The number of rotatable bonds is 10. The van der Waals surface area contributed by atoms with Gasteiger partial charge in [-0.3, -0.25) is 4.57 Å². The number of ether oxygens (including phenoxy) is 2. The van der Waals surface area contributed by atoms with Gasteiger partial charge in [0.05, 0.1) is 6.10 Å². The smallest absolute Gasteiger partial charge is 0.213 e. The normalized spacial score (nSPS) is 17.0. The van der Waals surface area contributed by atoms with Crippen LogP contribution in [0.15, 0.2) is 54.7 Å². The summed E-state index contributed by atoms with van der Waals surface area (Å²) >= 11 is 0. The molecule has 204 valence electrons. The van der Waals surface area contributed by atoms with Crippen molar-refractivity contribution in [2.75, 3.05) is 19.9 Å². The Morgan fingerprint density at radius 2 is 1.84 bits per heavy atom. The summed E-state index contributed by atoms with van der Waals surface area (Å²) in [6.07, 6.45) is 3.71. The summed E-state index contributed by atoms with van der Waals surface area (Å²) in [7, 11) is -1.53. The van der Waals surface area contributed by atoms with Gasteiger partial charge in [-0.15, -0.1) is 0 Å². The van der Waals surface area contributed by atoms with Crippen molar-refractivity contribution in [2.24, 2.45) is 11.3 Å². The van der Waals surface area contributed by atoms with Gasteiger partial charge < -0.3 is 19.5 Å². The second kappa shape index (κ2) is 11.2. The summed E-state index contributed by atoms with van der Waals surface area (Å²) in [5, 5.41) is 10.0. The number of halogens is 1. The van der Waals surface area contributed by atoms with Gasteiger partial charge in [-0.2, -0.15) is 0 Å². The van der Waals surface area contributed by atoms with Gasteiger partial charge in [-0.25, -0.2) is 9.37 Å². The van der Waals surface area contributed by atoms with E-state index < -0.39 is 13.2 Å². The summed E-state index contributed by atoms with van der Waals surface area (Å²) in [4.78, 5) is 14.4. The first-order valence-electron chi connectivity index (χ1n) is 12.9. The van der Waals surface area contributed by atoms with Crippen LogP contribution in [0.4, 0.5) is 4.39 Å². The van der Waals surface area contributed by atoms with E-state index in [4.69, 9.17) is 9.47 Å². The van der Waals surface area contributed by atoms with Crippen molar-refractivity contribution in [2.45, 2.75) is 52.2 Å². The minimum absolute atomic E-state index is 0.0125. The highest BCUT2D eigenvalue weighted by Gasteiger charge is 2.35. The highest BCUT2D eigenvalue weighted by molar-refractivity contribution is 7.57. The van der Waals surface area contributed by atoms with Gasteiger partial charge in [0, 0.05) is 37.8 Å². The third-order valence-electron chi connectivity index (χ3n) is 6.96. The van der Waals surface area contributed by atoms with Crippen molar-refractivity contribution < 1.29 is 28.4 Å². The summed E-state index contributed by atoms with van der Waals surface area (Å²) in [6, 6.07) is 13.4. The van der Waals surface area contributed by atoms with Crippen LogP contribution >= 0.6 is 7.37 Å². The molecule has 3 atom stereocenters. The van der Waals surface area contributed by atoms with Crippen LogP contribution in [0.1, 0.15) is 62.3 Å². The first-order chi connectivity index (χ1) is 17.9. The topological polar surface area (TPSA) is 88.9 Å². The fraction of sp³-hybridized carbons (Fsp3) is 0.433. The van der Waals surface area contributed by atoms with Crippen LogP contribution in [0.3, 0.4) is 0 Å². The lowest BCUT2D eigenvalue weighted by atomic mass is 9.81. The van der Waals surface area contributed by atoms with Crippen LogP contribution in [0.25, 0.3) is 11.1 Å². The monoisotopic (exact) mass is 541 g/mol. The Morgan fingerprint density at radius 3 is 2.47 bits per heavy atom. The molecule has 4 rings (SSSR count). The van der Waals surface area contributed by atoms with Gasteiger partial charge in [-0.05, 0) is 82.7 Å². The molecular weight excluding hydrogens is 504 g/mol. The van der Waals surface area contributed by atoms with Crippen LogP contribution in [-0.4, -0.2) is 34.9 Å². The number of phenolic OH excluding ortho intramolecular Hbond substituents is 1. The summed E-state index contributed by atoms with van der Waals surface area (Å²) in [5.74, 6) is 0.435. The molecule has 1 fully saturated rings. The molecule has 0 saturated heterocycles. The average molecular weight is 542 g/mol. The van der Waals surface area contributed by atoms with Crippen molar-refractivity contribution >= 4 is 7.37 Å². The SMILES string of the molecule is CO[C@H](c1cc(COc2cc([C@@H](CP(C)(=O)O)C3CC3)ccn2)ccc1-c1cc(O)ccc1F)C(C)(C)C. The lowest BCUT2D eigenvalue weighted by molar-refractivity contribution is 0.0155. The van der Waals surface area contributed by atoms with Crippen molar-refractivity contribution in [1.29, 1.82) is 0 Å². The lowest BCUT2D eigenvalue weighted by Gasteiger charge is -2.32. The quantitative estimate of drug-likeness (QED) is 0.262. The molecule has 1 unspecified atom stereocenters. The Bertz CT molecular complexity index is 1330. The maximum absolute atomic E-state index is 14.8. The van der Waals surface area contributed by atoms with Gasteiger partial charge >= 0.3 is 0 Å². The molecular formula is C30H37FNO5P. The van der Waals surface area contributed by atoms with Crippen LogP contribution < -0.4 is 4.74 Å². The second-order valence-electron chi connectivity index (χ2n) is 11.5. The standard InChI is InChI=1S/C30H37FNO5P/c1-30(2,3)29(36-4)25-14-19(6-10-23(25)24-16-22(33)9-11-27(24)31)17-37-28-15-21(12-13-32-28)26(20-7-8-20)18-38(5,34)35/h6,9-16,20,26,29,33H,7-8,17-18H2,1-5H3,(H,34,35)/t26-,29+/m0/s1. The molecule has 0 bridgehead atoms. The van der Waals surface area contributed by atoms with Crippen molar-refractivity contribution in [3.8, 4) is 22.8 Å². The van der Waals surface area contributed by atoms with Crippen LogP contribution in [0.5, 0.6) is 11.6 Å². The Morgan fingerprint density at radius 1 is 1.11 bits per heavy atom. The molecule has 8 heteroatoms. The lowest BCUT2D eigenvalue weighted by Crippen LogP contribution is -2.21. The van der Waals surface area contributed by atoms with Gasteiger partial charge in [0.1, 0.15) is 18.2 Å². The number of hydrogen-bond donors (Lipinski definition) is 2. The van der Waals surface area contributed by atoms with Gasteiger partial charge in [0.25, 0.3) is 0 Å². The van der Waals surface area contributed by atoms with E-state index in [1.807, 2.05) is 30.3 Å². The fourth-order valence-electron chi connectivity index (χ4n) is 5.11. The highest BCUT2D eigenvalue weighted by Crippen LogP contribution is 2.50. The number of nitrogens with zero attached hydrogens (tertiary/aromatic N) is 1. The predicted octanol–water partition coefficient (Wildman–Crippen LogP) is 7.30. The van der Waals surface area contributed by atoms with Gasteiger partial charge in [0.15, 0.2) is 7.37 Å². The molecule has 1 aliphatic carbocycles. The minimum Gasteiger partial charge on any atom is -0.508 e. The second-order valence-corrected chi connectivity index (χ2v) is 13.9. The van der Waals surface area contributed by atoms with E-state index in [1.165, 1.54) is 24.9 Å². The number of methoxy groups -OCH3 is 1. The van der Waals surface area contributed by atoms with E-state index >= 15 is 0 Å².